The van der Waals surface area contributed by atoms with Crippen molar-refractivity contribution in [2.75, 3.05) is 20.2 Å². The molecule has 1 rings (SSSR count). The van der Waals surface area contributed by atoms with Gasteiger partial charge < -0.3 is 9.84 Å². The number of nitrogens with zero attached hydrogens (tertiary/aromatic N) is 1. The van der Waals surface area contributed by atoms with Gasteiger partial charge in [-0.15, -0.1) is 0 Å². The van der Waals surface area contributed by atoms with Crippen LogP contribution in [0, 0.1) is 0 Å². The van der Waals surface area contributed by atoms with Gasteiger partial charge in [0.15, 0.2) is 13.2 Å². The van der Waals surface area contributed by atoms with Crippen LogP contribution in [0.1, 0.15) is 0 Å². The molecule has 0 aromatic carbocycles. The summed E-state index contributed by atoms with van der Waals surface area (Å²) in [4.78, 5) is 10.2. The third kappa shape index (κ3) is 1.01. The lowest BCUT2D eigenvalue weighted by Gasteiger charge is -1.86. The first kappa shape index (κ1) is 6.07. The van der Waals surface area contributed by atoms with Crippen molar-refractivity contribution in [3.05, 3.63) is 0 Å². The molecule has 0 aromatic rings. The second-order valence-corrected chi connectivity index (χ2v) is 1.88. The van der Waals surface area contributed by atoms with E-state index in [0.717, 1.165) is 0 Å². The van der Waals surface area contributed by atoms with Crippen LogP contribution in [0.5, 0.6) is 0 Å². The third-order valence-electron chi connectivity index (χ3n) is 1.20. The fourth-order valence-electron chi connectivity index (χ4n) is 0.716. The molecule has 0 saturated carbocycles. The predicted molar refractivity (Wildman–Crippen MR) is 29.6 cm³/mol. The number of rotatable bonds is 1. The van der Waals surface area contributed by atoms with Crippen LogP contribution < -0.4 is 0 Å². The van der Waals surface area contributed by atoms with Crippen LogP contribution in [0.2, 0.25) is 0 Å². The lowest BCUT2D eigenvalue weighted by atomic mass is 10.6. The zero-order valence-corrected chi connectivity index (χ0v) is 5.13. The molecule has 0 radical (unpaired) electrons. The van der Waals surface area contributed by atoms with E-state index in [9.17, 15) is 4.79 Å². The van der Waals surface area contributed by atoms with Gasteiger partial charge in [-0.25, -0.2) is 4.79 Å². The average Bonchev–Trinajstić information content (AvgIpc) is 2.13. The normalized spacial score (nSPS) is 17.9. The Morgan fingerprint density at radius 3 is 2.78 bits per heavy atom. The van der Waals surface area contributed by atoms with Gasteiger partial charge >= 0.3 is 11.9 Å². The Bertz CT molecular complexity index is 173. The van der Waals surface area contributed by atoms with Crippen molar-refractivity contribution in [1.82, 2.24) is 0 Å². The summed E-state index contributed by atoms with van der Waals surface area (Å²) < 4.78 is 6.34. The van der Waals surface area contributed by atoms with Crippen molar-refractivity contribution >= 4 is 11.9 Å². The molecule has 0 atom stereocenters. The summed E-state index contributed by atoms with van der Waals surface area (Å²) in [7, 11) is 1.69. The van der Waals surface area contributed by atoms with Gasteiger partial charge in [-0.1, -0.05) is 0 Å². The first-order chi connectivity index (χ1) is 4.22. The molecule has 0 saturated heterocycles. The van der Waals surface area contributed by atoms with Crippen LogP contribution in [-0.4, -0.2) is 41.7 Å². The van der Waals surface area contributed by atoms with Crippen LogP contribution in [0.25, 0.3) is 0 Å². The van der Waals surface area contributed by atoms with E-state index in [2.05, 4.69) is 0 Å². The second-order valence-electron chi connectivity index (χ2n) is 1.88. The highest BCUT2D eigenvalue weighted by atomic mass is 16.5. The molecule has 0 aromatic heterocycles. The molecule has 4 nitrogen and oxygen atoms in total. The lowest BCUT2D eigenvalue weighted by molar-refractivity contribution is -0.486. The molecular formula is C5H8NO3+. The van der Waals surface area contributed by atoms with E-state index in [1.165, 1.54) is 0 Å². The van der Waals surface area contributed by atoms with Gasteiger partial charge in [0.1, 0.15) is 7.05 Å². The molecule has 0 spiro atoms. The Labute approximate surface area is 52.4 Å². The van der Waals surface area contributed by atoms with Gasteiger partial charge in [0.05, 0.1) is 0 Å². The van der Waals surface area contributed by atoms with Gasteiger partial charge in [-0.2, -0.15) is 4.58 Å². The van der Waals surface area contributed by atoms with Crippen molar-refractivity contribution in [2.24, 2.45) is 0 Å². The zero-order chi connectivity index (χ0) is 6.85. The minimum atomic E-state index is -0.991. The molecule has 0 unspecified atom stereocenters. The summed E-state index contributed by atoms with van der Waals surface area (Å²) in [6.07, 6.45) is 0. The highest BCUT2D eigenvalue weighted by molar-refractivity contribution is 6.29. The highest BCUT2D eigenvalue weighted by Crippen LogP contribution is 1.91. The van der Waals surface area contributed by atoms with E-state index < -0.39 is 5.97 Å². The first-order valence-electron chi connectivity index (χ1n) is 2.66. The Morgan fingerprint density at radius 1 is 1.89 bits per heavy atom. The molecule has 1 heterocycles. The molecule has 1 N–H and O–H groups in total. The van der Waals surface area contributed by atoms with Crippen LogP contribution in [0.4, 0.5) is 0 Å². The van der Waals surface area contributed by atoms with E-state index >= 15 is 0 Å². The zero-order valence-electron chi connectivity index (χ0n) is 5.13. The van der Waals surface area contributed by atoms with E-state index in [4.69, 9.17) is 9.84 Å². The summed E-state index contributed by atoms with van der Waals surface area (Å²) >= 11 is 0. The summed E-state index contributed by atoms with van der Waals surface area (Å²) in [6.45, 7) is 1.15. The minimum absolute atomic E-state index is 0.0509. The van der Waals surface area contributed by atoms with E-state index in [1.807, 2.05) is 0 Å². The van der Waals surface area contributed by atoms with E-state index in [1.54, 1.807) is 11.6 Å². The molecule has 1 aliphatic heterocycles. The number of carbonyl (C=O) groups is 1. The summed E-state index contributed by atoms with van der Waals surface area (Å²) in [5, 5.41) is 8.38. The monoisotopic (exact) mass is 130 g/mol. The molecule has 50 valence electrons. The maximum absolute atomic E-state index is 10.2. The van der Waals surface area contributed by atoms with Crippen LogP contribution >= 0.6 is 0 Å². The van der Waals surface area contributed by atoms with Crippen molar-refractivity contribution in [1.29, 1.82) is 0 Å². The Kier molecular flexibility index (Phi) is 1.38. The van der Waals surface area contributed by atoms with Gasteiger partial charge in [0.2, 0.25) is 0 Å². The molecule has 0 amide bonds. The number of hydrogen-bond donors (Lipinski definition) is 1. The van der Waals surface area contributed by atoms with Crippen LogP contribution in [0.15, 0.2) is 0 Å². The average molecular weight is 130 g/mol. The maximum atomic E-state index is 10.2. The molecule has 9 heavy (non-hydrogen) atoms. The molecule has 1 aliphatic rings. The fraction of sp³-hybridized carbons (Fsp3) is 0.600. The van der Waals surface area contributed by atoms with Crippen LogP contribution in [0.3, 0.4) is 0 Å². The number of aliphatic carboxylic acids is 1. The highest BCUT2D eigenvalue weighted by Gasteiger charge is 2.27. The van der Waals surface area contributed by atoms with Gasteiger partial charge in [0, 0.05) is 0 Å². The standard InChI is InChI=1S/C5H7NO3/c1-6-2-3-9-4(6)5(7)8/h2-3H2,1H3/p+1. The Hall–Kier alpha value is -1.06. The molecule has 0 aliphatic carbocycles. The number of hydrogen-bond acceptors (Lipinski definition) is 2. The number of ether oxygens (including phenoxy) is 1. The van der Waals surface area contributed by atoms with Gasteiger partial charge in [0.25, 0.3) is 0 Å². The first-order valence-corrected chi connectivity index (χ1v) is 2.66. The fourth-order valence-corrected chi connectivity index (χ4v) is 0.716. The predicted octanol–water partition coefficient (Wildman–Crippen LogP) is -0.858. The van der Waals surface area contributed by atoms with Crippen molar-refractivity contribution in [2.45, 2.75) is 0 Å². The van der Waals surface area contributed by atoms with E-state index in [-0.39, 0.29) is 5.90 Å². The summed E-state index contributed by atoms with van der Waals surface area (Å²) in [5.74, 6) is -0.940. The van der Waals surface area contributed by atoms with Crippen molar-refractivity contribution in [3.8, 4) is 0 Å². The van der Waals surface area contributed by atoms with Crippen molar-refractivity contribution in [3.63, 3.8) is 0 Å². The smallest absolute Gasteiger partial charge is 0.450 e. The van der Waals surface area contributed by atoms with Crippen molar-refractivity contribution < 1.29 is 19.2 Å². The molecular weight excluding hydrogens is 122 g/mol. The SMILES string of the molecule is C[N+]1=C(C(=O)O)OCC1. The maximum Gasteiger partial charge on any atom is 0.450 e. The molecule has 4 heteroatoms. The summed E-state index contributed by atoms with van der Waals surface area (Å²) in [6, 6.07) is 0. The van der Waals surface area contributed by atoms with E-state index in [0.29, 0.717) is 13.2 Å². The Balaban J connectivity index is 2.78. The molecule has 0 fully saturated rings. The van der Waals surface area contributed by atoms with Gasteiger partial charge in [-0.3, -0.25) is 0 Å². The molecule has 0 bridgehead atoms. The number of likely N-dealkylation sites (N-methyl/N-ethyl adjacent to an activating group) is 1. The summed E-state index contributed by atoms with van der Waals surface area (Å²) in [5.41, 5.74) is 0. The lowest BCUT2D eigenvalue weighted by Crippen LogP contribution is -2.20. The van der Waals surface area contributed by atoms with Crippen LogP contribution in [-0.2, 0) is 9.53 Å². The minimum Gasteiger partial charge on any atom is -0.471 e. The largest absolute Gasteiger partial charge is 0.471 e. The van der Waals surface area contributed by atoms with Gasteiger partial charge in [-0.05, 0) is 0 Å². The topological polar surface area (TPSA) is 49.5 Å². The quantitative estimate of drug-likeness (QED) is 0.470. The number of carboxylic acids is 1. The second kappa shape index (κ2) is 2.05. The Morgan fingerprint density at radius 2 is 2.56 bits per heavy atom. The third-order valence-corrected chi connectivity index (χ3v) is 1.20. The number of carboxylic acid groups (broad SMARTS) is 1.